The number of aliphatic hydroxyl groups is 1. The van der Waals surface area contributed by atoms with Crippen molar-refractivity contribution in [1.82, 2.24) is 4.90 Å². The minimum absolute atomic E-state index is 0.195. The van der Waals surface area contributed by atoms with Crippen LogP contribution in [0.15, 0.2) is 0 Å². The molecule has 3 heteroatoms. The largest absolute Gasteiger partial charge is 0.393 e. The Morgan fingerprint density at radius 3 is 2.64 bits per heavy atom. The Kier molecular flexibility index (Phi) is 4.39. The molecule has 1 saturated carbocycles. The highest BCUT2D eigenvalue weighted by Crippen LogP contribution is 2.29. The fourth-order valence-electron chi connectivity index (χ4n) is 1.51. The van der Waals surface area contributed by atoms with Gasteiger partial charge in [-0.05, 0) is 39.0 Å². The molecule has 1 amide bonds. The summed E-state index contributed by atoms with van der Waals surface area (Å²) in [7, 11) is 0. The van der Waals surface area contributed by atoms with Crippen LogP contribution in [0.5, 0.6) is 0 Å². The third-order valence-corrected chi connectivity index (χ3v) is 2.69. The van der Waals surface area contributed by atoms with E-state index in [9.17, 15) is 4.79 Å². The Morgan fingerprint density at radius 2 is 2.21 bits per heavy atom. The highest BCUT2D eigenvalue weighted by Gasteiger charge is 2.25. The molecule has 0 saturated heterocycles. The highest BCUT2D eigenvalue weighted by molar-refractivity contribution is 5.76. The molecule has 1 rings (SSSR count). The molecule has 1 N–H and O–H groups in total. The molecule has 0 radical (unpaired) electrons. The topological polar surface area (TPSA) is 40.5 Å². The van der Waals surface area contributed by atoms with Crippen LogP contribution in [0.4, 0.5) is 0 Å². The molecule has 1 aliphatic carbocycles. The van der Waals surface area contributed by atoms with Gasteiger partial charge >= 0.3 is 0 Å². The first-order valence-corrected chi connectivity index (χ1v) is 5.59. The Balaban J connectivity index is 2.23. The first kappa shape index (κ1) is 11.5. The molecule has 1 aliphatic rings. The summed E-state index contributed by atoms with van der Waals surface area (Å²) in [6, 6.07) is 0. The molecule has 1 unspecified atom stereocenters. The lowest BCUT2D eigenvalue weighted by molar-refractivity contribution is -0.131. The third kappa shape index (κ3) is 4.09. The van der Waals surface area contributed by atoms with Gasteiger partial charge in [0.05, 0.1) is 6.10 Å². The van der Waals surface area contributed by atoms with Crippen molar-refractivity contribution >= 4 is 5.91 Å². The van der Waals surface area contributed by atoms with Gasteiger partial charge in [0.15, 0.2) is 0 Å². The van der Waals surface area contributed by atoms with E-state index >= 15 is 0 Å². The first-order chi connectivity index (χ1) is 6.63. The molecule has 3 nitrogen and oxygen atoms in total. The van der Waals surface area contributed by atoms with Gasteiger partial charge in [0.2, 0.25) is 5.91 Å². The van der Waals surface area contributed by atoms with E-state index < -0.39 is 0 Å². The summed E-state index contributed by atoms with van der Waals surface area (Å²) in [6.45, 7) is 5.47. The van der Waals surface area contributed by atoms with Crippen LogP contribution in [0, 0.1) is 5.92 Å². The van der Waals surface area contributed by atoms with Gasteiger partial charge in [0.1, 0.15) is 0 Å². The molecule has 0 aromatic rings. The van der Waals surface area contributed by atoms with Crippen molar-refractivity contribution in [2.75, 3.05) is 13.1 Å². The first-order valence-electron chi connectivity index (χ1n) is 5.59. The molecule has 0 bridgehead atoms. The van der Waals surface area contributed by atoms with E-state index in [1.807, 2.05) is 11.8 Å². The summed E-state index contributed by atoms with van der Waals surface area (Å²) in [6.07, 6.45) is 3.26. The smallest absolute Gasteiger partial charge is 0.222 e. The molecule has 0 spiro atoms. The average molecular weight is 199 g/mol. The molecule has 0 aromatic carbocycles. The van der Waals surface area contributed by atoms with Gasteiger partial charge in [-0.1, -0.05) is 0 Å². The number of rotatable bonds is 6. The quantitative estimate of drug-likeness (QED) is 0.702. The van der Waals surface area contributed by atoms with Crippen LogP contribution in [-0.4, -0.2) is 35.1 Å². The molecule has 0 heterocycles. The molecular formula is C11H21NO2. The van der Waals surface area contributed by atoms with Crippen LogP contribution >= 0.6 is 0 Å². The highest BCUT2D eigenvalue weighted by atomic mass is 16.3. The predicted molar refractivity (Wildman–Crippen MR) is 55.9 cm³/mol. The van der Waals surface area contributed by atoms with Gasteiger partial charge in [-0.3, -0.25) is 4.79 Å². The lowest BCUT2D eigenvalue weighted by Crippen LogP contribution is -2.32. The minimum atomic E-state index is -0.362. The normalized spacial score (nSPS) is 17.9. The molecule has 0 aliphatic heterocycles. The standard InChI is InChI=1S/C11H21NO2/c1-3-12(8-10-5-6-10)11(14)7-4-9(2)13/h9-10,13H,3-8H2,1-2H3. The Labute approximate surface area is 86.1 Å². The van der Waals surface area contributed by atoms with E-state index in [-0.39, 0.29) is 12.0 Å². The molecule has 1 fully saturated rings. The van der Waals surface area contributed by atoms with Gasteiger partial charge in [-0.25, -0.2) is 0 Å². The van der Waals surface area contributed by atoms with Crippen molar-refractivity contribution in [3.63, 3.8) is 0 Å². The van der Waals surface area contributed by atoms with Crippen LogP contribution in [0.2, 0.25) is 0 Å². The number of aliphatic hydroxyl groups excluding tert-OH is 1. The summed E-state index contributed by atoms with van der Waals surface area (Å²) in [5.41, 5.74) is 0. The number of hydrogen-bond donors (Lipinski definition) is 1. The van der Waals surface area contributed by atoms with Crippen molar-refractivity contribution in [1.29, 1.82) is 0 Å². The summed E-state index contributed by atoms with van der Waals surface area (Å²) in [5.74, 6) is 0.950. The van der Waals surface area contributed by atoms with E-state index in [1.165, 1.54) is 12.8 Å². The maximum Gasteiger partial charge on any atom is 0.222 e. The lowest BCUT2D eigenvalue weighted by atomic mass is 10.2. The van der Waals surface area contributed by atoms with Gasteiger partial charge in [0.25, 0.3) is 0 Å². The predicted octanol–water partition coefficient (Wildman–Crippen LogP) is 1.41. The summed E-state index contributed by atoms with van der Waals surface area (Å²) in [5, 5.41) is 9.08. The van der Waals surface area contributed by atoms with Crippen LogP contribution in [0.3, 0.4) is 0 Å². The monoisotopic (exact) mass is 199 g/mol. The lowest BCUT2D eigenvalue weighted by Gasteiger charge is -2.20. The summed E-state index contributed by atoms with van der Waals surface area (Å²) in [4.78, 5) is 13.6. The fraction of sp³-hybridized carbons (Fsp3) is 0.909. The Hall–Kier alpha value is -0.570. The summed E-state index contributed by atoms with van der Waals surface area (Å²) >= 11 is 0. The van der Waals surface area contributed by atoms with Crippen molar-refractivity contribution < 1.29 is 9.90 Å². The zero-order valence-corrected chi connectivity index (χ0v) is 9.20. The maximum atomic E-state index is 11.7. The average Bonchev–Trinajstić information content (AvgIpc) is 2.93. The fourth-order valence-corrected chi connectivity index (χ4v) is 1.51. The zero-order chi connectivity index (χ0) is 10.6. The van der Waals surface area contributed by atoms with E-state index in [2.05, 4.69) is 0 Å². The second-order valence-corrected chi connectivity index (χ2v) is 4.26. The maximum absolute atomic E-state index is 11.7. The molecule has 82 valence electrons. The number of carbonyl (C=O) groups excluding carboxylic acids is 1. The van der Waals surface area contributed by atoms with Crippen molar-refractivity contribution in [3.05, 3.63) is 0 Å². The van der Waals surface area contributed by atoms with Crippen LogP contribution in [-0.2, 0) is 4.79 Å². The molecule has 0 aromatic heterocycles. The number of amides is 1. The SMILES string of the molecule is CCN(CC1CC1)C(=O)CCC(C)O. The number of hydrogen-bond acceptors (Lipinski definition) is 2. The van der Waals surface area contributed by atoms with Gasteiger partial charge in [0, 0.05) is 19.5 Å². The van der Waals surface area contributed by atoms with Gasteiger partial charge in [-0.2, -0.15) is 0 Å². The van der Waals surface area contributed by atoms with Gasteiger partial charge in [-0.15, -0.1) is 0 Å². The van der Waals surface area contributed by atoms with Crippen LogP contribution in [0.25, 0.3) is 0 Å². The molecule has 14 heavy (non-hydrogen) atoms. The minimum Gasteiger partial charge on any atom is -0.393 e. The summed E-state index contributed by atoms with van der Waals surface area (Å²) < 4.78 is 0. The molecular weight excluding hydrogens is 178 g/mol. The van der Waals surface area contributed by atoms with E-state index in [1.54, 1.807) is 6.92 Å². The number of carbonyl (C=O) groups is 1. The second kappa shape index (κ2) is 5.35. The van der Waals surface area contributed by atoms with Crippen molar-refractivity contribution in [3.8, 4) is 0 Å². The number of nitrogens with zero attached hydrogens (tertiary/aromatic N) is 1. The molecule has 1 atom stereocenters. The van der Waals surface area contributed by atoms with Crippen molar-refractivity contribution in [2.24, 2.45) is 5.92 Å². The Bertz CT molecular complexity index is 188. The zero-order valence-electron chi connectivity index (χ0n) is 9.20. The second-order valence-electron chi connectivity index (χ2n) is 4.26. The van der Waals surface area contributed by atoms with Gasteiger partial charge < -0.3 is 10.0 Å². The van der Waals surface area contributed by atoms with Crippen molar-refractivity contribution in [2.45, 2.75) is 45.6 Å². The Morgan fingerprint density at radius 1 is 1.57 bits per heavy atom. The van der Waals surface area contributed by atoms with E-state index in [4.69, 9.17) is 5.11 Å². The van der Waals surface area contributed by atoms with E-state index in [0.29, 0.717) is 12.8 Å². The van der Waals surface area contributed by atoms with Crippen LogP contribution in [0.1, 0.15) is 39.5 Å². The third-order valence-electron chi connectivity index (χ3n) is 2.69. The van der Waals surface area contributed by atoms with E-state index in [0.717, 1.165) is 19.0 Å². The van der Waals surface area contributed by atoms with Crippen LogP contribution < -0.4 is 0 Å².